The molecule has 146 valence electrons. The standard InChI is InChI=1S/C18H11BrClF3N2OS2/c19-12-4-1-10(2-5-12)15-8-27-17(25-15)28-9-16(26)24-14-7-11(18(21,22)23)3-6-13(14)20/h1-8H,9H2,(H,24,26). The molecule has 0 radical (unpaired) electrons. The minimum absolute atomic E-state index is 0.000133. The zero-order valence-corrected chi connectivity index (χ0v) is 17.9. The number of amides is 1. The summed E-state index contributed by atoms with van der Waals surface area (Å²) in [6.07, 6.45) is -4.51. The molecule has 0 aliphatic rings. The lowest BCUT2D eigenvalue weighted by Crippen LogP contribution is -2.15. The van der Waals surface area contributed by atoms with E-state index in [1.165, 1.54) is 23.1 Å². The third kappa shape index (κ3) is 5.50. The molecule has 0 bridgehead atoms. The van der Waals surface area contributed by atoms with Crippen LogP contribution in [-0.4, -0.2) is 16.6 Å². The first-order chi connectivity index (χ1) is 13.2. The Balaban J connectivity index is 1.61. The van der Waals surface area contributed by atoms with Crippen LogP contribution in [0.1, 0.15) is 5.56 Å². The molecule has 1 N–H and O–H groups in total. The first kappa shape index (κ1) is 21.2. The highest BCUT2D eigenvalue weighted by Crippen LogP contribution is 2.34. The Hall–Kier alpha value is -1.55. The van der Waals surface area contributed by atoms with Crippen molar-refractivity contribution in [3.05, 3.63) is 62.9 Å². The second-order valence-electron chi connectivity index (χ2n) is 5.53. The lowest BCUT2D eigenvalue weighted by atomic mass is 10.2. The SMILES string of the molecule is O=C(CSc1nc(-c2ccc(Br)cc2)cs1)Nc1cc(C(F)(F)F)ccc1Cl. The van der Waals surface area contributed by atoms with Crippen molar-refractivity contribution in [2.24, 2.45) is 0 Å². The minimum atomic E-state index is -4.51. The maximum absolute atomic E-state index is 12.8. The van der Waals surface area contributed by atoms with Crippen LogP contribution in [0.15, 0.2) is 56.7 Å². The number of rotatable bonds is 5. The van der Waals surface area contributed by atoms with Gasteiger partial charge in [0, 0.05) is 15.4 Å². The number of benzene rings is 2. The number of hydrogen-bond donors (Lipinski definition) is 1. The highest BCUT2D eigenvalue weighted by atomic mass is 79.9. The molecule has 0 saturated heterocycles. The summed E-state index contributed by atoms with van der Waals surface area (Å²) in [4.78, 5) is 16.6. The van der Waals surface area contributed by atoms with Gasteiger partial charge in [0.25, 0.3) is 0 Å². The molecule has 1 aromatic heterocycles. The van der Waals surface area contributed by atoms with Crippen LogP contribution in [0.25, 0.3) is 11.3 Å². The molecule has 0 aliphatic carbocycles. The van der Waals surface area contributed by atoms with Gasteiger partial charge in [-0.15, -0.1) is 11.3 Å². The summed E-state index contributed by atoms with van der Waals surface area (Å²) in [5, 5.41) is 4.34. The average molecular weight is 508 g/mol. The number of aromatic nitrogens is 1. The number of nitrogens with zero attached hydrogens (tertiary/aromatic N) is 1. The Labute approximate surface area is 180 Å². The Bertz CT molecular complexity index is 993. The molecule has 0 spiro atoms. The zero-order chi connectivity index (χ0) is 20.3. The van der Waals surface area contributed by atoms with E-state index in [-0.39, 0.29) is 16.5 Å². The molecule has 0 fully saturated rings. The maximum atomic E-state index is 12.8. The van der Waals surface area contributed by atoms with Crippen LogP contribution in [0.3, 0.4) is 0 Å². The molecule has 0 saturated carbocycles. The number of thioether (sulfide) groups is 1. The van der Waals surface area contributed by atoms with E-state index in [0.29, 0.717) is 4.34 Å². The van der Waals surface area contributed by atoms with Crippen LogP contribution in [-0.2, 0) is 11.0 Å². The summed E-state index contributed by atoms with van der Waals surface area (Å²) in [6, 6.07) is 10.5. The highest BCUT2D eigenvalue weighted by molar-refractivity contribution is 9.10. The van der Waals surface area contributed by atoms with Gasteiger partial charge in [0.2, 0.25) is 5.91 Å². The van der Waals surface area contributed by atoms with Gasteiger partial charge in [0.05, 0.1) is 27.7 Å². The van der Waals surface area contributed by atoms with Gasteiger partial charge in [0.15, 0.2) is 4.34 Å². The third-order valence-corrected chi connectivity index (χ3v) is 6.40. The van der Waals surface area contributed by atoms with Gasteiger partial charge in [-0.05, 0) is 30.3 Å². The fourth-order valence-corrected chi connectivity index (χ4v) is 4.25. The molecule has 3 rings (SSSR count). The molecule has 10 heteroatoms. The summed E-state index contributed by atoms with van der Waals surface area (Å²) in [7, 11) is 0. The molecular formula is C18H11BrClF3N2OS2. The second-order valence-corrected chi connectivity index (χ2v) is 8.94. The number of hydrogen-bond acceptors (Lipinski definition) is 4. The smallest absolute Gasteiger partial charge is 0.324 e. The van der Waals surface area contributed by atoms with Crippen molar-refractivity contribution >= 4 is 62.2 Å². The quantitative estimate of drug-likeness (QED) is 0.379. The van der Waals surface area contributed by atoms with E-state index >= 15 is 0 Å². The fourth-order valence-electron chi connectivity index (χ4n) is 2.19. The normalized spacial score (nSPS) is 11.5. The van der Waals surface area contributed by atoms with Gasteiger partial charge in [-0.25, -0.2) is 4.98 Å². The summed E-state index contributed by atoms with van der Waals surface area (Å²) >= 11 is 11.9. The van der Waals surface area contributed by atoms with Crippen LogP contribution in [0, 0.1) is 0 Å². The van der Waals surface area contributed by atoms with E-state index in [1.807, 2.05) is 29.6 Å². The molecule has 0 atom stereocenters. The van der Waals surface area contributed by atoms with Gasteiger partial charge in [0.1, 0.15) is 0 Å². The van der Waals surface area contributed by atoms with Gasteiger partial charge in [-0.3, -0.25) is 4.79 Å². The average Bonchev–Trinajstić information content (AvgIpc) is 3.10. The van der Waals surface area contributed by atoms with Crippen molar-refractivity contribution in [1.29, 1.82) is 0 Å². The summed E-state index contributed by atoms with van der Waals surface area (Å²) in [5.74, 6) is -0.466. The van der Waals surface area contributed by atoms with E-state index in [9.17, 15) is 18.0 Å². The highest BCUT2D eigenvalue weighted by Gasteiger charge is 2.31. The number of alkyl halides is 3. The van der Waals surface area contributed by atoms with Crippen molar-refractivity contribution in [2.75, 3.05) is 11.1 Å². The van der Waals surface area contributed by atoms with E-state index in [0.717, 1.165) is 33.9 Å². The third-order valence-electron chi connectivity index (χ3n) is 3.52. The predicted octanol–water partition coefficient (Wildman–Crippen LogP) is 6.98. The molecule has 28 heavy (non-hydrogen) atoms. The van der Waals surface area contributed by atoms with Crippen LogP contribution in [0.4, 0.5) is 18.9 Å². The molecule has 2 aromatic carbocycles. The lowest BCUT2D eigenvalue weighted by molar-refractivity contribution is -0.137. The number of anilines is 1. The number of thiazole rings is 1. The van der Waals surface area contributed by atoms with Gasteiger partial charge in [-0.1, -0.05) is 51.4 Å². The van der Waals surface area contributed by atoms with E-state index in [1.54, 1.807) is 0 Å². The Morgan fingerprint density at radius 2 is 1.93 bits per heavy atom. The van der Waals surface area contributed by atoms with E-state index in [2.05, 4.69) is 26.2 Å². The summed E-state index contributed by atoms with van der Waals surface area (Å²) < 4.78 is 40.1. The van der Waals surface area contributed by atoms with Crippen molar-refractivity contribution in [1.82, 2.24) is 4.98 Å². The van der Waals surface area contributed by atoms with Crippen molar-refractivity contribution in [3.63, 3.8) is 0 Å². The first-order valence-electron chi connectivity index (χ1n) is 7.73. The monoisotopic (exact) mass is 506 g/mol. The van der Waals surface area contributed by atoms with Crippen molar-refractivity contribution in [2.45, 2.75) is 10.5 Å². The maximum Gasteiger partial charge on any atom is 0.416 e. The van der Waals surface area contributed by atoms with Crippen molar-refractivity contribution in [3.8, 4) is 11.3 Å². The number of carbonyl (C=O) groups excluding carboxylic acids is 1. The van der Waals surface area contributed by atoms with Crippen molar-refractivity contribution < 1.29 is 18.0 Å². The number of carbonyl (C=O) groups is 1. The molecule has 3 nitrogen and oxygen atoms in total. The minimum Gasteiger partial charge on any atom is -0.324 e. The molecule has 3 aromatic rings. The Kier molecular flexibility index (Phi) is 6.69. The van der Waals surface area contributed by atoms with Crippen LogP contribution >= 0.6 is 50.6 Å². The zero-order valence-electron chi connectivity index (χ0n) is 13.9. The van der Waals surface area contributed by atoms with E-state index < -0.39 is 17.6 Å². The first-order valence-corrected chi connectivity index (χ1v) is 10.8. The predicted molar refractivity (Wildman–Crippen MR) is 111 cm³/mol. The molecule has 0 aliphatic heterocycles. The van der Waals surface area contributed by atoms with Crippen LogP contribution in [0.2, 0.25) is 5.02 Å². The second kappa shape index (κ2) is 8.86. The van der Waals surface area contributed by atoms with Crippen LogP contribution in [0.5, 0.6) is 0 Å². The molecular weight excluding hydrogens is 497 g/mol. The Morgan fingerprint density at radius 1 is 1.21 bits per heavy atom. The largest absolute Gasteiger partial charge is 0.416 e. The fraction of sp³-hybridized carbons (Fsp3) is 0.111. The molecule has 1 amide bonds. The topological polar surface area (TPSA) is 42.0 Å². The number of nitrogens with one attached hydrogen (secondary N) is 1. The molecule has 0 unspecified atom stereocenters. The van der Waals surface area contributed by atoms with Gasteiger partial charge in [-0.2, -0.15) is 13.2 Å². The number of halogens is 5. The van der Waals surface area contributed by atoms with E-state index in [4.69, 9.17) is 11.6 Å². The summed E-state index contributed by atoms with van der Waals surface area (Å²) in [5.41, 5.74) is 0.795. The Morgan fingerprint density at radius 3 is 2.61 bits per heavy atom. The lowest BCUT2D eigenvalue weighted by Gasteiger charge is -2.11. The van der Waals surface area contributed by atoms with Crippen LogP contribution < -0.4 is 5.32 Å². The summed E-state index contributed by atoms with van der Waals surface area (Å²) in [6.45, 7) is 0. The van der Waals surface area contributed by atoms with Gasteiger partial charge < -0.3 is 5.32 Å². The molecule has 1 heterocycles. The van der Waals surface area contributed by atoms with Gasteiger partial charge >= 0.3 is 6.18 Å².